The minimum atomic E-state index is -0.626. The smallest absolute Gasteiger partial charge is 0.275 e. The minimum Gasteiger partial charge on any atom is -0.305 e. The van der Waals surface area contributed by atoms with Crippen molar-refractivity contribution in [1.82, 2.24) is 4.90 Å². The maximum Gasteiger partial charge on any atom is 0.275 e. The highest BCUT2D eigenvalue weighted by Crippen LogP contribution is 2.48. The standard InChI is InChI=1S/C33H40Cl2N2O2/c1-22(2)12-13-29(24-10-6-8-23(21-38)9-7-11-24)37-31(39)30(25-18-27(34)20-28(35)19-25)36-33(37)16-14-26(15-17-33)32(3,4)5/h6-8,11,18-22,26,29H,9,12-17H2,1-5H3/b11-7-,23-8+/t10?,26?,29-,33?/m1/s1. The molecule has 6 heteroatoms. The molecule has 0 N–H and O–H groups in total. The van der Waals surface area contributed by atoms with Gasteiger partial charge in [-0.1, -0.05) is 70.0 Å². The number of aliphatic imine (C=N–C) groups is 1. The molecular formula is C33H40Cl2N2O2. The number of benzene rings is 1. The van der Waals surface area contributed by atoms with Gasteiger partial charge >= 0.3 is 0 Å². The van der Waals surface area contributed by atoms with Gasteiger partial charge in [-0.15, -0.1) is 5.73 Å². The van der Waals surface area contributed by atoms with Crippen LogP contribution in [0, 0.1) is 17.3 Å². The van der Waals surface area contributed by atoms with Gasteiger partial charge in [0, 0.05) is 21.2 Å². The molecule has 1 aliphatic heterocycles. The van der Waals surface area contributed by atoms with Crippen LogP contribution in [-0.2, 0) is 9.59 Å². The molecular weight excluding hydrogens is 527 g/mol. The van der Waals surface area contributed by atoms with Crippen LogP contribution in [0.1, 0.15) is 85.1 Å². The maximum atomic E-state index is 14.4. The molecule has 4 rings (SSSR count). The lowest BCUT2D eigenvalue weighted by atomic mass is 9.69. The zero-order chi connectivity index (χ0) is 28.4. The zero-order valence-electron chi connectivity index (χ0n) is 23.8. The van der Waals surface area contributed by atoms with Crippen LogP contribution in [0.5, 0.6) is 0 Å². The Bertz CT molecular complexity index is 1250. The van der Waals surface area contributed by atoms with Crippen LogP contribution in [0.2, 0.25) is 10.0 Å². The van der Waals surface area contributed by atoms with E-state index in [1.54, 1.807) is 18.2 Å². The lowest BCUT2D eigenvalue weighted by Gasteiger charge is -2.47. The molecule has 0 aromatic heterocycles. The lowest BCUT2D eigenvalue weighted by Crippen LogP contribution is -2.55. The van der Waals surface area contributed by atoms with Gasteiger partial charge in [-0.3, -0.25) is 14.6 Å². The van der Waals surface area contributed by atoms with Crippen LogP contribution in [0.3, 0.4) is 0 Å². The fourth-order valence-corrected chi connectivity index (χ4v) is 6.64. The number of carbonyl (C=O) groups excluding carboxylic acids is 2. The normalized spacial score (nSPS) is 26.6. The van der Waals surface area contributed by atoms with E-state index in [4.69, 9.17) is 28.2 Å². The number of allylic oxidation sites excluding steroid dienone is 3. The molecule has 2 aliphatic carbocycles. The Morgan fingerprint density at radius 1 is 1.13 bits per heavy atom. The average Bonchev–Trinajstić information content (AvgIpc) is 3.11. The second-order valence-corrected chi connectivity index (χ2v) is 13.5. The van der Waals surface area contributed by atoms with Crippen molar-refractivity contribution in [2.75, 3.05) is 0 Å². The first kappa shape index (κ1) is 29.6. The molecule has 0 saturated heterocycles. The van der Waals surface area contributed by atoms with Gasteiger partial charge in [0.05, 0.1) is 6.04 Å². The van der Waals surface area contributed by atoms with Crippen molar-refractivity contribution in [3.05, 3.63) is 75.0 Å². The SMILES string of the molecule is CC(C)CC[C@H](C1=C=C/C=C(/C=O)C/C=C\1)N1C(=O)C(c2cc(Cl)cc(Cl)c2)=NC12CCC(C(C)(C)C)CC2. The van der Waals surface area contributed by atoms with E-state index in [0.717, 1.165) is 50.4 Å². The van der Waals surface area contributed by atoms with E-state index in [2.05, 4.69) is 45.2 Å². The summed E-state index contributed by atoms with van der Waals surface area (Å²) in [5.41, 5.74) is 5.74. The van der Waals surface area contributed by atoms with E-state index in [-0.39, 0.29) is 17.4 Å². The summed E-state index contributed by atoms with van der Waals surface area (Å²) >= 11 is 12.7. The number of amides is 1. The van der Waals surface area contributed by atoms with E-state index in [1.165, 1.54) is 0 Å². The number of carbonyl (C=O) groups is 2. The number of halogens is 2. The van der Waals surface area contributed by atoms with Gasteiger partial charge in [-0.25, -0.2) is 0 Å². The highest BCUT2D eigenvalue weighted by atomic mass is 35.5. The van der Waals surface area contributed by atoms with Crippen LogP contribution in [0.25, 0.3) is 0 Å². The molecule has 1 amide bonds. The summed E-state index contributed by atoms with van der Waals surface area (Å²) < 4.78 is 0. The highest BCUT2D eigenvalue weighted by molar-refractivity contribution is 6.48. The number of nitrogens with zero attached hydrogens (tertiary/aromatic N) is 2. The molecule has 0 radical (unpaired) electrons. The van der Waals surface area contributed by atoms with Crippen molar-refractivity contribution in [3.8, 4) is 0 Å². The third-order valence-electron chi connectivity index (χ3n) is 8.37. The Labute approximate surface area is 243 Å². The molecule has 39 heavy (non-hydrogen) atoms. The van der Waals surface area contributed by atoms with E-state index >= 15 is 0 Å². The van der Waals surface area contributed by atoms with Gasteiger partial charge in [0.15, 0.2) is 0 Å². The van der Waals surface area contributed by atoms with Crippen LogP contribution in [0.15, 0.2) is 64.4 Å². The number of rotatable bonds is 7. The Balaban J connectivity index is 1.83. The van der Waals surface area contributed by atoms with Crippen molar-refractivity contribution in [2.45, 2.75) is 91.3 Å². The Hall–Kier alpha value is -2.39. The number of hydrogen-bond donors (Lipinski definition) is 0. The van der Waals surface area contributed by atoms with Crippen molar-refractivity contribution >= 4 is 41.1 Å². The predicted molar refractivity (Wildman–Crippen MR) is 161 cm³/mol. The van der Waals surface area contributed by atoms with Crippen LogP contribution < -0.4 is 0 Å². The van der Waals surface area contributed by atoms with Gasteiger partial charge in [0.1, 0.15) is 17.7 Å². The summed E-state index contributed by atoms with van der Waals surface area (Å²) in [6, 6.07) is 5.05. The second kappa shape index (κ2) is 12.0. The summed E-state index contributed by atoms with van der Waals surface area (Å²) in [6.45, 7) is 11.3. The Kier molecular flexibility index (Phi) is 9.11. The Morgan fingerprint density at radius 3 is 2.38 bits per heavy atom. The molecule has 1 aromatic rings. The fourth-order valence-electron chi connectivity index (χ4n) is 6.11. The first-order valence-electron chi connectivity index (χ1n) is 14.1. The van der Waals surface area contributed by atoms with E-state index in [1.807, 2.05) is 24.3 Å². The monoisotopic (exact) mass is 566 g/mol. The quantitative estimate of drug-likeness (QED) is 0.245. The summed E-state index contributed by atoms with van der Waals surface area (Å²) in [7, 11) is 0. The van der Waals surface area contributed by atoms with E-state index < -0.39 is 5.66 Å². The average molecular weight is 568 g/mol. The summed E-state index contributed by atoms with van der Waals surface area (Å²) in [5, 5.41) is 0.972. The van der Waals surface area contributed by atoms with E-state index in [9.17, 15) is 9.59 Å². The van der Waals surface area contributed by atoms with Crippen LogP contribution in [-0.4, -0.2) is 34.5 Å². The van der Waals surface area contributed by atoms with Crippen molar-refractivity contribution < 1.29 is 9.59 Å². The first-order valence-corrected chi connectivity index (χ1v) is 14.9. The van der Waals surface area contributed by atoms with Crippen LogP contribution in [0.4, 0.5) is 0 Å². The lowest BCUT2D eigenvalue weighted by molar-refractivity contribution is -0.132. The number of aldehydes is 1. The van der Waals surface area contributed by atoms with Crippen molar-refractivity contribution in [1.29, 1.82) is 0 Å². The van der Waals surface area contributed by atoms with Gasteiger partial charge in [-0.05, 0) is 98.1 Å². The maximum absolute atomic E-state index is 14.4. The summed E-state index contributed by atoms with van der Waals surface area (Å²) in [5.74, 6) is 0.972. The van der Waals surface area contributed by atoms with Gasteiger partial charge in [0.2, 0.25) is 0 Å². The molecule has 3 aliphatic rings. The molecule has 1 aromatic carbocycles. The van der Waals surface area contributed by atoms with Gasteiger partial charge < -0.3 is 4.90 Å². The highest BCUT2D eigenvalue weighted by Gasteiger charge is 2.52. The largest absolute Gasteiger partial charge is 0.305 e. The minimum absolute atomic E-state index is 0.0785. The molecule has 0 unspecified atom stereocenters. The summed E-state index contributed by atoms with van der Waals surface area (Å²) in [4.78, 5) is 33.1. The van der Waals surface area contributed by atoms with Gasteiger partial charge in [0.25, 0.3) is 5.91 Å². The molecule has 1 fully saturated rings. The second-order valence-electron chi connectivity index (χ2n) is 12.6. The number of hydrogen-bond acceptors (Lipinski definition) is 3. The van der Waals surface area contributed by atoms with E-state index in [0.29, 0.717) is 45.2 Å². The molecule has 0 bridgehead atoms. The third-order valence-corrected chi connectivity index (χ3v) is 8.81. The van der Waals surface area contributed by atoms with Gasteiger partial charge in [-0.2, -0.15) is 0 Å². The predicted octanol–water partition coefficient (Wildman–Crippen LogP) is 8.53. The topological polar surface area (TPSA) is 49.7 Å². The Morgan fingerprint density at radius 2 is 1.79 bits per heavy atom. The molecule has 208 valence electrons. The van der Waals surface area contributed by atoms with Crippen LogP contribution >= 0.6 is 23.2 Å². The summed E-state index contributed by atoms with van der Waals surface area (Å²) in [6.07, 6.45) is 14.5. The molecule has 1 saturated carbocycles. The molecule has 1 atom stereocenters. The van der Waals surface area contributed by atoms with Crippen molar-refractivity contribution in [3.63, 3.8) is 0 Å². The molecule has 1 heterocycles. The molecule has 4 nitrogen and oxygen atoms in total. The first-order chi connectivity index (χ1) is 18.4. The zero-order valence-corrected chi connectivity index (χ0v) is 25.3. The fraction of sp³-hybridized carbons (Fsp3) is 0.515. The molecule has 1 spiro atoms. The third kappa shape index (κ3) is 6.68. The van der Waals surface area contributed by atoms with Crippen molar-refractivity contribution in [2.24, 2.45) is 22.2 Å².